The Morgan fingerprint density at radius 3 is 2.40 bits per heavy atom. The Labute approximate surface area is 93.7 Å². The van der Waals surface area contributed by atoms with Crippen molar-refractivity contribution >= 4 is 14.6 Å². The van der Waals surface area contributed by atoms with Crippen molar-refractivity contribution < 1.29 is 9.22 Å². The van der Waals surface area contributed by atoms with Crippen LogP contribution in [0.25, 0.3) is 0 Å². The highest BCUT2D eigenvalue weighted by Crippen LogP contribution is 2.38. The van der Waals surface area contributed by atoms with Crippen LogP contribution in [0.15, 0.2) is 0 Å². The summed E-state index contributed by atoms with van der Waals surface area (Å²) in [6.07, 6.45) is 1.11. The molecule has 1 N–H and O–H groups in total. The van der Waals surface area contributed by atoms with Crippen molar-refractivity contribution in [1.29, 1.82) is 0 Å². The molecule has 0 radical (unpaired) electrons. The van der Waals surface area contributed by atoms with Gasteiger partial charge < -0.3 is 14.5 Å². The Bertz CT molecular complexity index is 235. The van der Waals surface area contributed by atoms with Gasteiger partial charge in [0.1, 0.15) is 6.29 Å². The Morgan fingerprint density at radius 1 is 1.33 bits per heavy atom. The second-order valence-corrected chi connectivity index (χ2v) is 10.6. The molecule has 1 aliphatic heterocycles. The molecule has 15 heavy (non-hydrogen) atoms. The number of hydrogen-bond donors (Lipinski definition) is 1. The van der Waals surface area contributed by atoms with E-state index >= 15 is 0 Å². The summed E-state index contributed by atoms with van der Waals surface area (Å²) in [5.74, 6) is 0.0409. The summed E-state index contributed by atoms with van der Waals surface area (Å²) in [4.78, 5) is 10.8. The molecule has 3 nitrogen and oxygen atoms in total. The fourth-order valence-corrected chi connectivity index (χ4v) is 2.86. The molecule has 0 aromatic heterocycles. The third-order valence-corrected chi connectivity index (χ3v) is 8.13. The van der Waals surface area contributed by atoms with Gasteiger partial charge in [0.2, 0.25) is 0 Å². The van der Waals surface area contributed by atoms with Gasteiger partial charge in [0.25, 0.3) is 0 Å². The van der Waals surface area contributed by atoms with E-state index in [1.165, 1.54) is 0 Å². The maximum atomic E-state index is 10.8. The zero-order valence-corrected chi connectivity index (χ0v) is 11.5. The van der Waals surface area contributed by atoms with Crippen molar-refractivity contribution in [2.24, 2.45) is 5.92 Å². The molecule has 1 rings (SSSR count). The van der Waals surface area contributed by atoms with Crippen LogP contribution in [0.5, 0.6) is 0 Å². The molecule has 1 heterocycles. The first kappa shape index (κ1) is 12.9. The molecule has 1 aliphatic rings. The minimum Gasteiger partial charge on any atom is -0.412 e. The van der Waals surface area contributed by atoms with Crippen LogP contribution in [0.2, 0.25) is 18.1 Å². The number of carbonyl (C=O) groups is 1. The summed E-state index contributed by atoms with van der Waals surface area (Å²) in [5.41, 5.74) is 0. The number of aldehydes is 1. The molecule has 0 aromatic rings. The summed E-state index contributed by atoms with van der Waals surface area (Å²) in [6.45, 7) is 12.7. The van der Waals surface area contributed by atoms with Crippen molar-refractivity contribution in [3.63, 3.8) is 0 Å². The Morgan fingerprint density at radius 2 is 1.93 bits per heavy atom. The van der Waals surface area contributed by atoms with E-state index < -0.39 is 8.32 Å². The monoisotopic (exact) mass is 229 g/mol. The van der Waals surface area contributed by atoms with E-state index in [0.29, 0.717) is 0 Å². The molecule has 0 aliphatic carbocycles. The fraction of sp³-hybridized carbons (Fsp3) is 0.909. The standard InChI is InChI=1S/C11H23NO2Si/c1-11(2,3)15(4,5)14-10-7-12-6-9(10)8-13/h8-10,12H,6-7H2,1-5H3/t9-,10-/m0/s1. The number of hydrogen-bond acceptors (Lipinski definition) is 3. The fourth-order valence-electron chi connectivity index (χ4n) is 1.50. The van der Waals surface area contributed by atoms with E-state index in [2.05, 4.69) is 39.2 Å². The van der Waals surface area contributed by atoms with Gasteiger partial charge in [-0.3, -0.25) is 0 Å². The van der Waals surface area contributed by atoms with Crippen LogP contribution in [0.4, 0.5) is 0 Å². The lowest BCUT2D eigenvalue weighted by Gasteiger charge is -2.39. The highest BCUT2D eigenvalue weighted by Gasteiger charge is 2.41. The van der Waals surface area contributed by atoms with Crippen LogP contribution >= 0.6 is 0 Å². The topological polar surface area (TPSA) is 38.3 Å². The quantitative estimate of drug-likeness (QED) is 0.592. The first-order chi connectivity index (χ1) is 6.78. The van der Waals surface area contributed by atoms with Gasteiger partial charge in [0.05, 0.1) is 12.0 Å². The van der Waals surface area contributed by atoms with Gasteiger partial charge in [-0.15, -0.1) is 0 Å². The molecular weight excluding hydrogens is 206 g/mol. The number of carbonyl (C=O) groups excluding carboxylic acids is 1. The van der Waals surface area contributed by atoms with Crippen molar-refractivity contribution in [2.75, 3.05) is 13.1 Å². The molecule has 4 heteroatoms. The lowest BCUT2D eigenvalue weighted by Crippen LogP contribution is -2.46. The number of rotatable bonds is 3. The Kier molecular flexibility index (Phi) is 3.74. The first-order valence-corrected chi connectivity index (χ1v) is 8.52. The highest BCUT2D eigenvalue weighted by atomic mass is 28.4. The predicted molar refractivity (Wildman–Crippen MR) is 64.5 cm³/mol. The maximum Gasteiger partial charge on any atom is 0.192 e. The summed E-state index contributed by atoms with van der Waals surface area (Å²) < 4.78 is 6.21. The molecule has 0 unspecified atom stereocenters. The SMILES string of the molecule is CC(C)(C)[Si](C)(C)O[C@H]1CNC[C@H]1C=O. The molecule has 0 aromatic carbocycles. The lowest BCUT2D eigenvalue weighted by molar-refractivity contribution is -0.112. The molecular formula is C11H23NO2Si. The van der Waals surface area contributed by atoms with E-state index in [-0.39, 0.29) is 17.1 Å². The van der Waals surface area contributed by atoms with Gasteiger partial charge in [-0.1, -0.05) is 20.8 Å². The van der Waals surface area contributed by atoms with E-state index in [0.717, 1.165) is 19.4 Å². The third kappa shape index (κ3) is 2.89. The molecule has 0 spiro atoms. The Balaban J connectivity index is 2.64. The van der Waals surface area contributed by atoms with Crippen LogP contribution in [-0.2, 0) is 9.22 Å². The molecule has 1 saturated heterocycles. The summed E-state index contributed by atoms with van der Waals surface area (Å²) in [6, 6.07) is 0. The van der Waals surface area contributed by atoms with Crippen LogP contribution in [0.3, 0.4) is 0 Å². The highest BCUT2D eigenvalue weighted by molar-refractivity contribution is 6.74. The normalized spacial score (nSPS) is 28.1. The second kappa shape index (κ2) is 4.35. The predicted octanol–water partition coefficient (Wildman–Crippen LogP) is 1.80. The smallest absolute Gasteiger partial charge is 0.192 e. The average molecular weight is 229 g/mol. The average Bonchev–Trinajstić information content (AvgIpc) is 2.48. The van der Waals surface area contributed by atoms with Gasteiger partial charge in [-0.2, -0.15) is 0 Å². The largest absolute Gasteiger partial charge is 0.412 e. The van der Waals surface area contributed by atoms with Gasteiger partial charge in [0, 0.05) is 13.1 Å². The van der Waals surface area contributed by atoms with E-state index in [1.807, 2.05) is 0 Å². The summed E-state index contributed by atoms with van der Waals surface area (Å²) in [7, 11) is -1.73. The van der Waals surface area contributed by atoms with Gasteiger partial charge >= 0.3 is 0 Å². The third-order valence-electron chi connectivity index (χ3n) is 3.63. The minimum absolute atomic E-state index is 0.0409. The molecule has 2 atom stereocenters. The van der Waals surface area contributed by atoms with Gasteiger partial charge in [0.15, 0.2) is 8.32 Å². The summed E-state index contributed by atoms with van der Waals surface area (Å²) >= 11 is 0. The second-order valence-electron chi connectivity index (χ2n) is 5.87. The van der Waals surface area contributed by atoms with Crippen molar-refractivity contribution in [2.45, 2.75) is 45.0 Å². The van der Waals surface area contributed by atoms with Crippen LogP contribution in [0, 0.1) is 5.92 Å². The van der Waals surface area contributed by atoms with E-state index in [9.17, 15) is 4.79 Å². The van der Waals surface area contributed by atoms with Crippen LogP contribution in [-0.4, -0.2) is 33.8 Å². The zero-order valence-electron chi connectivity index (χ0n) is 10.5. The van der Waals surface area contributed by atoms with Crippen LogP contribution in [0.1, 0.15) is 20.8 Å². The maximum absolute atomic E-state index is 10.8. The lowest BCUT2D eigenvalue weighted by atomic mass is 10.1. The van der Waals surface area contributed by atoms with Gasteiger partial charge in [-0.25, -0.2) is 0 Å². The van der Waals surface area contributed by atoms with E-state index in [1.54, 1.807) is 0 Å². The van der Waals surface area contributed by atoms with Gasteiger partial charge in [-0.05, 0) is 18.1 Å². The zero-order chi connectivity index (χ0) is 11.7. The molecule has 88 valence electrons. The van der Waals surface area contributed by atoms with Crippen LogP contribution < -0.4 is 5.32 Å². The first-order valence-electron chi connectivity index (χ1n) is 5.62. The van der Waals surface area contributed by atoms with E-state index in [4.69, 9.17) is 4.43 Å². The Hall–Kier alpha value is -0.193. The van der Waals surface area contributed by atoms with Crippen molar-refractivity contribution in [3.05, 3.63) is 0 Å². The molecule has 0 bridgehead atoms. The minimum atomic E-state index is -1.73. The van der Waals surface area contributed by atoms with Crippen molar-refractivity contribution in [3.8, 4) is 0 Å². The van der Waals surface area contributed by atoms with Crippen molar-refractivity contribution in [1.82, 2.24) is 5.32 Å². The molecule has 1 fully saturated rings. The number of nitrogens with one attached hydrogen (secondary N) is 1. The summed E-state index contributed by atoms with van der Waals surface area (Å²) in [5, 5.41) is 3.42. The molecule has 0 saturated carbocycles. The molecule has 0 amide bonds.